The summed E-state index contributed by atoms with van der Waals surface area (Å²) in [5, 5.41) is 3.84. The highest BCUT2D eigenvalue weighted by Gasteiger charge is 2.34. The predicted octanol–water partition coefficient (Wildman–Crippen LogP) is 3.94. The van der Waals surface area contributed by atoms with Crippen LogP contribution in [0.2, 0.25) is 5.02 Å². The largest absolute Gasteiger partial charge is 0.350 e. The Balaban J connectivity index is 2.20. The molecule has 1 N–H and O–H groups in total. The number of fused-ring (bicyclic) bond motifs is 3. The molecule has 24 heavy (non-hydrogen) atoms. The van der Waals surface area contributed by atoms with Crippen molar-refractivity contribution in [3.8, 4) is 11.1 Å². The van der Waals surface area contributed by atoms with Crippen molar-refractivity contribution in [1.82, 2.24) is 9.88 Å². The van der Waals surface area contributed by atoms with Gasteiger partial charge in [0.25, 0.3) is 11.8 Å². The van der Waals surface area contributed by atoms with E-state index in [1.54, 1.807) is 6.07 Å². The number of nitrogens with one attached hydrogen (secondary N) is 1. The van der Waals surface area contributed by atoms with Crippen LogP contribution in [0.4, 0.5) is 0 Å². The Kier molecular flexibility index (Phi) is 3.25. The number of rotatable bonds is 2. The summed E-state index contributed by atoms with van der Waals surface area (Å²) in [6.45, 7) is 2.04. The lowest BCUT2D eigenvalue weighted by Gasteiger charge is -2.11. The first-order chi connectivity index (χ1) is 11.5. The molecule has 0 radical (unpaired) electrons. The number of amides is 2. The van der Waals surface area contributed by atoms with Crippen molar-refractivity contribution in [2.45, 2.75) is 13.3 Å². The van der Waals surface area contributed by atoms with Crippen LogP contribution in [0.25, 0.3) is 22.0 Å². The van der Waals surface area contributed by atoms with Crippen LogP contribution in [0.3, 0.4) is 0 Å². The van der Waals surface area contributed by atoms with Crippen LogP contribution in [0.1, 0.15) is 33.2 Å². The number of carbonyl (C=O) groups is 2. The molecule has 0 unspecified atom stereocenters. The van der Waals surface area contributed by atoms with E-state index in [9.17, 15) is 9.59 Å². The van der Waals surface area contributed by atoms with Crippen LogP contribution in [0, 0.1) is 0 Å². The van der Waals surface area contributed by atoms with Crippen molar-refractivity contribution in [2.24, 2.45) is 7.05 Å². The van der Waals surface area contributed by atoms with Gasteiger partial charge in [-0.05, 0) is 29.7 Å². The van der Waals surface area contributed by atoms with Crippen molar-refractivity contribution >= 4 is 34.3 Å². The zero-order chi connectivity index (χ0) is 17.0. The molecule has 0 spiro atoms. The van der Waals surface area contributed by atoms with Crippen LogP contribution >= 0.6 is 11.6 Å². The van der Waals surface area contributed by atoms with Crippen molar-refractivity contribution in [3.05, 3.63) is 58.2 Å². The Morgan fingerprint density at radius 1 is 1.08 bits per heavy atom. The fourth-order valence-electron chi connectivity index (χ4n) is 3.49. The average Bonchev–Trinajstić information content (AvgIpc) is 3.04. The van der Waals surface area contributed by atoms with Gasteiger partial charge in [-0.1, -0.05) is 36.7 Å². The lowest BCUT2D eigenvalue weighted by atomic mass is 9.92. The highest BCUT2D eigenvalue weighted by Crippen LogP contribution is 2.39. The average molecular weight is 339 g/mol. The van der Waals surface area contributed by atoms with Gasteiger partial charge in [-0.3, -0.25) is 14.9 Å². The van der Waals surface area contributed by atoms with Crippen LogP contribution in [-0.2, 0) is 13.5 Å². The van der Waals surface area contributed by atoms with Crippen molar-refractivity contribution in [2.75, 3.05) is 0 Å². The normalized spacial score (nSPS) is 13.5. The zero-order valence-electron chi connectivity index (χ0n) is 13.3. The van der Waals surface area contributed by atoms with E-state index in [4.69, 9.17) is 11.6 Å². The van der Waals surface area contributed by atoms with Gasteiger partial charge in [0.15, 0.2) is 0 Å². The van der Waals surface area contributed by atoms with E-state index < -0.39 is 0 Å². The number of nitrogens with zero attached hydrogens (tertiary/aromatic N) is 1. The second-order valence-electron chi connectivity index (χ2n) is 5.95. The van der Waals surface area contributed by atoms with E-state index in [0.717, 1.165) is 28.5 Å². The van der Waals surface area contributed by atoms with Crippen LogP contribution in [-0.4, -0.2) is 16.4 Å². The Labute approximate surface area is 144 Å². The summed E-state index contributed by atoms with van der Waals surface area (Å²) in [5.74, 6) is -0.701. The molecule has 120 valence electrons. The predicted molar refractivity (Wildman–Crippen MR) is 94.5 cm³/mol. The second-order valence-corrected chi connectivity index (χ2v) is 6.36. The SMILES string of the molecule is CCc1cn(C)c2cc(-c3ccccc3Cl)c3c(c12)C(=O)NC3=O. The summed E-state index contributed by atoms with van der Waals surface area (Å²) in [6.07, 6.45) is 2.80. The summed E-state index contributed by atoms with van der Waals surface area (Å²) >= 11 is 6.34. The maximum absolute atomic E-state index is 12.5. The first-order valence-corrected chi connectivity index (χ1v) is 8.16. The van der Waals surface area contributed by atoms with E-state index in [2.05, 4.69) is 5.32 Å². The summed E-state index contributed by atoms with van der Waals surface area (Å²) in [5.41, 5.74) is 4.30. The lowest BCUT2D eigenvalue weighted by molar-refractivity contribution is 0.0880. The Morgan fingerprint density at radius 3 is 2.50 bits per heavy atom. The minimum absolute atomic E-state index is 0.338. The first kappa shape index (κ1) is 15.0. The number of benzene rings is 2. The number of imide groups is 1. The van der Waals surface area contributed by atoms with Gasteiger partial charge in [-0.2, -0.15) is 0 Å². The first-order valence-electron chi connectivity index (χ1n) is 7.78. The van der Waals surface area contributed by atoms with Gasteiger partial charge >= 0.3 is 0 Å². The van der Waals surface area contributed by atoms with E-state index in [0.29, 0.717) is 21.7 Å². The van der Waals surface area contributed by atoms with Crippen LogP contribution in [0.5, 0.6) is 0 Å². The third kappa shape index (κ3) is 1.93. The summed E-state index contributed by atoms with van der Waals surface area (Å²) < 4.78 is 1.99. The molecule has 5 heteroatoms. The van der Waals surface area contributed by atoms with E-state index >= 15 is 0 Å². The Morgan fingerprint density at radius 2 is 1.79 bits per heavy atom. The van der Waals surface area contributed by atoms with Gasteiger partial charge in [0.1, 0.15) is 0 Å². The molecule has 4 nitrogen and oxygen atoms in total. The Hall–Kier alpha value is -2.59. The van der Waals surface area contributed by atoms with Gasteiger partial charge in [0, 0.05) is 34.7 Å². The highest BCUT2D eigenvalue weighted by atomic mass is 35.5. The highest BCUT2D eigenvalue weighted by molar-refractivity contribution is 6.35. The topological polar surface area (TPSA) is 51.1 Å². The molecule has 0 bridgehead atoms. The lowest BCUT2D eigenvalue weighted by Crippen LogP contribution is -2.20. The molecular weight excluding hydrogens is 324 g/mol. The van der Waals surface area contributed by atoms with E-state index in [1.807, 2.05) is 49.0 Å². The van der Waals surface area contributed by atoms with Crippen LogP contribution < -0.4 is 5.32 Å². The van der Waals surface area contributed by atoms with Crippen molar-refractivity contribution in [1.29, 1.82) is 0 Å². The quantitative estimate of drug-likeness (QED) is 0.719. The number of halogens is 1. The summed E-state index contributed by atoms with van der Waals surface area (Å²) in [7, 11) is 1.94. The minimum atomic E-state index is -0.363. The monoisotopic (exact) mass is 338 g/mol. The molecule has 0 fully saturated rings. The standard InChI is InChI=1S/C19H15ClN2O2/c1-3-10-9-22(2)14-8-12(11-6-4-5-7-13(11)20)16-17(15(10)14)19(24)21-18(16)23/h4-9H,3H2,1-2H3,(H,21,23,24). The van der Waals surface area contributed by atoms with Crippen molar-refractivity contribution < 1.29 is 9.59 Å². The van der Waals surface area contributed by atoms with E-state index in [-0.39, 0.29) is 11.8 Å². The molecule has 4 rings (SSSR count). The van der Waals surface area contributed by atoms with Gasteiger partial charge in [-0.25, -0.2) is 0 Å². The number of aryl methyl sites for hydroxylation is 2. The van der Waals surface area contributed by atoms with E-state index in [1.165, 1.54) is 0 Å². The van der Waals surface area contributed by atoms with Gasteiger partial charge in [0.2, 0.25) is 0 Å². The second kappa shape index (κ2) is 5.21. The van der Waals surface area contributed by atoms with Gasteiger partial charge in [0.05, 0.1) is 11.1 Å². The molecular formula is C19H15ClN2O2. The number of hydrogen-bond donors (Lipinski definition) is 1. The number of carbonyl (C=O) groups excluding carboxylic acids is 2. The molecule has 1 aliphatic heterocycles. The molecule has 0 atom stereocenters. The Bertz CT molecular complexity index is 1030. The molecule has 2 amide bonds. The zero-order valence-corrected chi connectivity index (χ0v) is 14.1. The number of aromatic nitrogens is 1. The molecule has 2 heterocycles. The smallest absolute Gasteiger partial charge is 0.259 e. The van der Waals surface area contributed by atoms with Crippen molar-refractivity contribution in [3.63, 3.8) is 0 Å². The van der Waals surface area contributed by atoms with Crippen LogP contribution in [0.15, 0.2) is 36.5 Å². The molecule has 1 aliphatic rings. The summed E-state index contributed by atoms with van der Waals surface area (Å²) in [6, 6.07) is 9.31. The maximum Gasteiger partial charge on any atom is 0.259 e. The molecule has 2 aromatic carbocycles. The molecule has 0 saturated heterocycles. The van der Waals surface area contributed by atoms with Gasteiger partial charge < -0.3 is 4.57 Å². The third-order valence-electron chi connectivity index (χ3n) is 4.58. The number of hydrogen-bond acceptors (Lipinski definition) is 2. The third-order valence-corrected chi connectivity index (χ3v) is 4.91. The molecule has 0 aliphatic carbocycles. The molecule has 1 aromatic heterocycles. The van der Waals surface area contributed by atoms with Gasteiger partial charge in [-0.15, -0.1) is 0 Å². The maximum atomic E-state index is 12.5. The molecule has 0 saturated carbocycles. The summed E-state index contributed by atoms with van der Waals surface area (Å²) in [4.78, 5) is 24.9. The fraction of sp³-hybridized carbons (Fsp3) is 0.158. The minimum Gasteiger partial charge on any atom is -0.350 e. The molecule has 3 aromatic rings. The fourth-order valence-corrected chi connectivity index (χ4v) is 3.73.